The Bertz CT molecular complexity index is 3140. The van der Waals surface area contributed by atoms with Crippen molar-refractivity contribution >= 4 is 77.2 Å². The van der Waals surface area contributed by atoms with Gasteiger partial charge in [0.05, 0.1) is 32.4 Å². The highest BCUT2D eigenvalue weighted by Crippen LogP contribution is 2.39. The van der Waals surface area contributed by atoms with Crippen molar-refractivity contribution in [2.75, 3.05) is 35.4 Å². The van der Waals surface area contributed by atoms with Crippen LogP contribution in [0.25, 0.3) is 10.8 Å². The highest BCUT2D eigenvalue weighted by molar-refractivity contribution is 7.93. The second kappa shape index (κ2) is 29.7. The zero-order chi connectivity index (χ0) is 59.8. The fourth-order valence-electron chi connectivity index (χ4n) is 9.43. The van der Waals surface area contributed by atoms with E-state index in [1.54, 1.807) is 64.3 Å². The van der Waals surface area contributed by atoms with Gasteiger partial charge in [-0.1, -0.05) is 181 Å². The van der Waals surface area contributed by atoms with Gasteiger partial charge in [0.25, 0.3) is 31.9 Å². The number of anilines is 3. The lowest BCUT2D eigenvalue weighted by atomic mass is 9.79. The van der Waals surface area contributed by atoms with E-state index in [2.05, 4.69) is 40.8 Å². The molecule has 0 aromatic heterocycles. The summed E-state index contributed by atoms with van der Waals surface area (Å²) in [6.45, 7) is 22.1. The molecule has 0 saturated carbocycles. The minimum absolute atomic E-state index is 0.000973. The molecule has 5 rings (SSSR count). The van der Waals surface area contributed by atoms with E-state index in [1.807, 2.05) is 47.6 Å². The molecule has 0 aliphatic rings. The molecule has 80 heavy (non-hydrogen) atoms. The van der Waals surface area contributed by atoms with Gasteiger partial charge in [-0.15, -0.1) is 0 Å². The smallest absolute Gasteiger partial charge is 0.262 e. The Morgan fingerprint density at radius 2 is 1.20 bits per heavy atom. The second-order valence-corrected chi connectivity index (χ2v) is 27.1. The van der Waals surface area contributed by atoms with E-state index in [4.69, 9.17) is 11.6 Å². The van der Waals surface area contributed by atoms with Gasteiger partial charge in [-0.3, -0.25) is 23.8 Å². The number of halogens is 1. The van der Waals surface area contributed by atoms with Gasteiger partial charge in [0.15, 0.2) is 0 Å². The summed E-state index contributed by atoms with van der Waals surface area (Å²) in [6, 6.07) is 19.5. The van der Waals surface area contributed by atoms with Gasteiger partial charge in [-0.25, -0.2) is 16.8 Å². The van der Waals surface area contributed by atoms with Crippen molar-refractivity contribution in [2.45, 2.75) is 193 Å². The molecule has 1 unspecified atom stereocenters. The van der Waals surface area contributed by atoms with E-state index in [9.17, 15) is 41.4 Å². The molecule has 5 aromatic rings. The van der Waals surface area contributed by atoms with E-state index in [1.165, 1.54) is 80.2 Å². The van der Waals surface area contributed by atoms with Crippen molar-refractivity contribution < 1.29 is 41.4 Å². The number of benzene rings is 5. The van der Waals surface area contributed by atoms with Crippen LogP contribution in [0.2, 0.25) is 5.02 Å². The molecule has 0 aliphatic heterocycles. The fourth-order valence-corrected chi connectivity index (χ4v) is 12.6. The van der Waals surface area contributed by atoms with Crippen LogP contribution in [0.1, 0.15) is 202 Å². The van der Waals surface area contributed by atoms with E-state index in [0.717, 1.165) is 50.5 Å². The maximum absolute atomic E-state index is 14.0. The summed E-state index contributed by atoms with van der Waals surface area (Å²) in [5.74, 6) is -0.983. The fraction of sp³-hybridized carbons (Fsp3) is 0.508. The topological polar surface area (TPSA) is 211 Å². The van der Waals surface area contributed by atoms with E-state index in [0.29, 0.717) is 52.0 Å². The van der Waals surface area contributed by atoms with Crippen molar-refractivity contribution in [3.63, 3.8) is 0 Å². The SMILES string of the molecule is CCCCC(CC)CNC(=O)c1cc(C(C)(C)C)cc(C(C)(C)C)c1S(=O)(=O)Nc1cc(C)c(O)c(Cl)c1.CCCCCCCCCCCCC(=O)Nc1cccc2cccc(S(=O)(=O)Nc3cc(C)c(O)c(C(=O)N(C)C)c3)c12. The predicted molar refractivity (Wildman–Crippen MR) is 329 cm³/mol. The molecular formula is C63H90ClN5O9S2. The number of aromatic hydroxyl groups is 2. The molecule has 0 spiro atoms. The molecule has 0 aliphatic carbocycles. The van der Waals surface area contributed by atoms with Crippen LogP contribution >= 0.6 is 11.6 Å². The number of phenols is 2. The summed E-state index contributed by atoms with van der Waals surface area (Å²) in [7, 11) is -5.25. The number of unbranched alkanes of at least 4 members (excludes halogenated alkanes) is 10. The van der Waals surface area contributed by atoms with Gasteiger partial charge >= 0.3 is 0 Å². The van der Waals surface area contributed by atoms with Gasteiger partial charge in [0, 0.05) is 38.1 Å². The molecule has 14 nitrogen and oxygen atoms in total. The Morgan fingerprint density at radius 3 is 1.75 bits per heavy atom. The highest BCUT2D eigenvalue weighted by atomic mass is 35.5. The van der Waals surface area contributed by atoms with E-state index >= 15 is 0 Å². The number of hydrogen-bond acceptors (Lipinski definition) is 9. The highest BCUT2D eigenvalue weighted by Gasteiger charge is 2.34. The number of amides is 3. The lowest BCUT2D eigenvalue weighted by Gasteiger charge is -2.29. The van der Waals surface area contributed by atoms with Crippen LogP contribution in [0.4, 0.5) is 17.1 Å². The van der Waals surface area contributed by atoms with Gasteiger partial charge in [-0.05, 0) is 114 Å². The minimum atomic E-state index is -4.22. The molecule has 0 bridgehead atoms. The summed E-state index contributed by atoms with van der Waals surface area (Å²) in [6.07, 6.45) is 16.3. The third kappa shape index (κ3) is 18.9. The normalized spacial score (nSPS) is 12.3. The summed E-state index contributed by atoms with van der Waals surface area (Å²) >= 11 is 6.12. The number of sulfonamides is 2. The van der Waals surface area contributed by atoms with Gasteiger partial charge in [-0.2, -0.15) is 0 Å². The van der Waals surface area contributed by atoms with Crippen LogP contribution in [-0.4, -0.2) is 70.3 Å². The monoisotopic (exact) mass is 1160 g/mol. The molecule has 440 valence electrons. The standard InChI is InChI=1S/C33H45N3O5S.C30H45ClN2O4S/c1-5-6-7-8-9-10-11-12-13-14-21-30(37)34-28-19-15-17-25-18-16-20-29(31(25)28)42(40,41)35-26-22-24(2)32(38)27(23-26)33(39)36(3)4;1-10-12-13-20(11-2)18-32-28(35)23-15-21(29(4,5)6)16-24(30(7,8)9)27(23)38(36,37)33-22-14-19(3)26(34)25(31)17-22/h15-20,22-23,35,38H,5-14,21H2,1-4H3,(H,34,37);14-17,20,33-34H,10-13,18H2,1-9H3,(H,32,35). The first-order valence-electron chi connectivity index (χ1n) is 28.4. The summed E-state index contributed by atoms with van der Waals surface area (Å²) in [4.78, 5) is 40.4. The molecule has 0 saturated heterocycles. The number of hydrogen-bond donors (Lipinski definition) is 6. The molecule has 0 radical (unpaired) electrons. The average Bonchev–Trinajstić information content (AvgIpc) is 3.43. The zero-order valence-corrected chi connectivity index (χ0v) is 52.1. The Labute approximate surface area is 483 Å². The average molecular weight is 1160 g/mol. The third-order valence-corrected chi connectivity index (χ3v) is 17.4. The van der Waals surface area contributed by atoms with Crippen LogP contribution in [0.15, 0.2) is 82.6 Å². The number of nitrogens with zero attached hydrogens (tertiary/aromatic N) is 1. The number of phenolic OH excluding ortho intramolecular Hbond substituents is 2. The van der Waals surface area contributed by atoms with Gasteiger partial charge in [0.1, 0.15) is 16.4 Å². The third-order valence-electron chi connectivity index (χ3n) is 14.3. The quantitative estimate of drug-likeness (QED) is 0.0229. The van der Waals surface area contributed by atoms with Crippen LogP contribution < -0.4 is 20.1 Å². The predicted octanol–water partition coefficient (Wildman–Crippen LogP) is 15.3. The first-order chi connectivity index (χ1) is 37.5. The lowest BCUT2D eigenvalue weighted by Crippen LogP contribution is -2.33. The molecule has 5 aromatic carbocycles. The molecule has 0 heterocycles. The van der Waals surface area contributed by atoms with Crippen LogP contribution in [0, 0.1) is 19.8 Å². The van der Waals surface area contributed by atoms with Crippen LogP contribution in [-0.2, 0) is 35.7 Å². The number of rotatable bonds is 26. The Morgan fingerprint density at radius 1 is 0.650 bits per heavy atom. The molecule has 1 atom stereocenters. The van der Waals surface area contributed by atoms with Crippen LogP contribution in [0.5, 0.6) is 11.5 Å². The molecular weight excluding hydrogens is 1070 g/mol. The second-order valence-electron chi connectivity index (χ2n) is 23.4. The molecule has 6 N–H and O–H groups in total. The Balaban J connectivity index is 0.000000346. The van der Waals surface area contributed by atoms with Crippen molar-refractivity contribution in [1.29, 1.82) is 0 Å². The first kappa shape index (κ1) is 66.7. The summed E-state index contributed by atoms with van der Waals surface area (Å²) < 4.78 is 60.5. The summed E-state index contributed by atoms with van der Waals surface area (Å²) in [5, 5.41) is 27.5. The van der Waals surface area contributed by atoms with Gasteiger partial charge < -0.3 is 25.7 Å². The number of aryl methyl sites for hydroxylation is 2. The largest absolute Gasteiger partial charge is 0.507 e. The lowest BCUT2D eigenvalue weighted by molar-refractivity contribution is -0.116. The molecule has 0 fully saturated rings. The van der Waals surface area contributed by atoms with Crippen molar-refractivity contribution in [2.24, 2.45) is 5.92 Å². The first-order valence-corrected chi connectivity index (χ1v) is 31.7. The molecule has 3 amide bonds. The Hall–Kier alpha value is -5.84. The van der Waals surface area contributed by atoms with E-state index < -0.39 is 37.3 Å². The Kier molecular flexibility index (Phi) is 24.8. The number of carbonyl (C=O) groups is 3. The maximum Gasteiger partial charge on any atom is 0.262 e. The maximum atomic E-state index is 14.0. The van der Waals surface area contributed by atoms with Crippen molar-refractivity contribution in [3.05, 3.63) is 111 Å². The zero-order valence-electron chi connectivity index (χ0n) is 49.7. The van der Waals surface area contributed by atoms with Crippen molar-refractivity contribution in [1.82, 2.24) is 10.2 Å². The number of carbonyl (C=O) groups excluding carboxylic acids is 3. The minimum Gasteiger partial charge on any atom is -0.507 e. The van der Waals surface area contributed by atoms with Crippen LogP contribution in [0.3, 0.4) is 0 Å². The molecule has 17 heteroatoms. The summed E-state index contributed by atoms with van der Waals surface area (Å²) in [5.41, 5.74) is 2.26. The number of nitrogens with one attached hydrogen (secondary N) is 4. The van der Waals surface area contributed by atoms with Crippen molar-refractivity contribution in [3.8, 4) is 11.5 Å². The van der Waals surface area contributed by atoms with Gasteiger partial charge in [0.2, 0.25) is 5.91 Å². The number of fused-ring (bicyclic) bond motifs is 1. The van der Waals surface area contributed by atoms with E-state index in [-0.39, 0.29) is 60.1 Å².